The fourth-order valence-electron chi connectivity index (χ4n) is 2.11. The highest BCUT2D eigenvalue weighted by molar-refractivity contribution is 7.91. The van der Waals surface area contributed by atoms with Crippen molar-refractivity contribution in [3.63, 3.8) is 0 Å². The Bertz CT molecular complexity index is 587. The van der Waals surface area contributed by atoms with Crippen molar-refractivity contribution in [1.29, 1.82) is 0 Å². The summed E-state index contributed by atoms with van der Waals surface area (Å²) >= 11 is 0. The molecule has 0 aliphatic carbocycles. The first-order valence-corrected chi connectivity index (χ1v) is 7.53. The van der Waals surface area contributed by atoms with Crippen molar-refractivity contribution < 1.29 is 22.3 Å². The number of sulfone groups is 1. The molecule has 1 aliphatic rings. The van der Waals surface area contributed by atoms with Gasteiger partial charge in [-0.2, -0.15) is 0 Å². The van der Waals surface area contributed by atoms with Gasteiger partial charge in [0, 0.05) is 6.04 Å². The second-order valence-electron chi connectivity index (χ2n) is 4.43. The Hall–Kier alpha value is -1.47. The number of hydrogen-bond donors (Lipinski definition) is 1. The van der Waals surface area contributed by atoms with Crippen molar-refractivity contribution in [3.05, 3.63) is 35.6 Å². The van der Waals surface area contributed by atoms with Gasteiger partial charge in [-0.1, -0.05) is 12.1 Å². The number of rotatable bonds is 2. The van der Waals surface area contributed by atoms with Crippen molar-refractivity contribution >= 4 is 15.8 Å². The molecular formula is C12H14FNO4S. The number of halogens is 1. The number of ether oxygens (including phenoxy) is 1. The Morgan fingerprint density at radius 1 is 1.42 bits per heavy atom. The van der Waals surface area contributed by atoms with Gasteiger partial charge in [0.2, 0.25) is 0 Å². The van der Waals surface area contributed by atoms with E-state index < -0.39 is 33.7 Å². The molecule has 2 atom stereocenters. The molecule has 1 aromatic carbocycles. The summed E-state index contributed by atoms with van der Waals surface area (Å²) in [5.41, 5.74) is 0.497. The van der Waals surface area contributed by atoms with E-state index in [1.54, 1.807) is 6.07 Å². The maximum Gasteiger partial charge on any atom is 0.323 e. The van der Waals surface area contributed by atoms with Gasteiger partial charge in [0.1, 0.15) is 11.9 Å². The molecule has 2 rings (SSSR count). The lowest BCUT2D eigenvalue weighted by Gasteiger charge is -2.29. The molecule has 0 spiro atoms. The lowest BCUT2D eigenvalue weighted by molar-refractivity contribution is -0.142. The molecule has 0 bridgehead atoms. The smallest absolute Gasteiger partial charge is 0.323 e. The first-order valence-electron chi connectivity index (χ1n) is 5.71. The average Bonchev–Trinajstić information content (AvgIpc) is 2.36. The van der Waals surface area contributed by atoms with Crippen LogP contribution in [-0.2, 0) is 19.4 Å². The zero-order valence-electron chi connectivity index (χ0n) is 10.3. The zero-order valence-corrected chi connectivity index (χ0v) is 11.1. The van der Waals surface area contributed by atoms with Crippen LogP contribution in [0.1, 0.15) is 11.6 Å². The second-order valence-corrected chi connectivity index (χ2v) is 6.58. The minimum atomic E-state index is -3.38. The molecule has 104 valence electrons. The number of esters is 1. The van der Waals surface area contributed by atoms with E-state index in [0.717, 1.165) is 0 Å². The largest absolute Gasteiger partial charge is 0.468 e. The number of benzene rings is 1. The van der Waals surface area contributed by atoms with Crippen LogP contribution in [0, 0.1) is 5.82 Å². The standard InChI is InChI=1S/C12H14FNO4S/c1-18-12(15)11-7-19(16,17)6-10(14-11)8-3-2-4-9(13)5-8/h2-5,10-11,14H,6-7H2,1H3. The highest BCUT2D eigenvalue weighted by Crippen LogP contribution is 2.22. The van der Waals surface area contributed by atoms with Crippen LogP contribution in [0.15, 0.2) is 24.3 Å². The predicted octanol–water partition coefficient (Wildman–Crippen LogP) is 0.426. The van der Waals surface area contributed by atoms with Crippen LogP contribution in [0.3, 0.4) is 0 Å². The Morgan fingerprint density at radius 2 is 2.16 bits per heavy atom. The van der Waals surface area contributed by atoms with E-state index in [4.69, 9.17) is 0 Å². The third-order valence-corrected chi connectivity index (χ3v) is 4.66. The number of nitrogens with one attached hydrogen (secondary N) is 1. The molecular weight excluding hydrogens is 273 g/mol. The second kappa shape index (κ2) is 5.26. The van der Waals surface area contributed by atoms with Crippen LogP contribution in [0.2, 0.25) is 0 Å². The quantitative estimate of drug-likeness (QED) is 0.798. The topological polar surface area (TPSA) is 72.5 Å². The molecule has 7 heteroatoms. The van der Waals surface area contributed by atoms with Crippen molar-refractivity contribution in [3.8, 4) is 0 Å². The van der Waals surface area contributed by atoms with E-state index >= 15 is 0 Å². The van der Waals surface area contributed by atoms with Gasteiger partial charge in [-0.3, -0.25) is 10.1 Å². The van der Waals surface area contributed by atoms with Crippen molar-refractivity contribution in [2.75, 3.05) is 18.6 Å². The SMILES string of the molecule is COC(=O)C1CS(=O)(=O)CC(c2cccc(F)c2)N1. The summed E-state index contributed by atoms with van der Waals surface area (Å²) in [5, 5.41) is 2.88. The third-order valence-electron chi connectivity index (χ3n) is 2.98. The molecule has 5 nitrogen and oxygen atoms in total. The molecule has 0 radical (unpaired) electrons. The molecule has 0 amide bonds. The molecule has 1 heterocycles. The van der Waals surface area contributed by atoms with Crippen LogP contribution in [-0.4, -0.2) is 39.0 Å². The Balaban J connectivity index is 2.28. The summed E-state index contributed by atoms with van der Waals surface area (Å²) in [6.45, 7) is 0. The maximum absolute atomic E-state index is 13.2. The average molecular weight is 287 g/mol. The van der Waals surface area contributed by atoms with Crippen LogP contribution < -0.4 is 5.32 Å². The minimum Gasteiger partial charge on any atom is -0.468 e. The van der Waals surface area contributed by atoms with Gasteiger partial charge in [-0.05, 0) is 17.7 Å². The first-order chi connectivity index (χ1) is 8.91. The van der Waals surface area contributed by atoms with Crippen LogP contribution in [0.5, 0.6) is 0 Å². The van der Waals surface area contributed by atoms with Crippen LogP contribution in [0.4, 0.5) is 4.39 Å². The fourth-order valence-corrected chi connectivity index (χ4v) is 3.78. The van der Waals surface area contributed by atoms with Gasteiger partial charge in [0.15, 0.2) is 9.84 Å². The summed E-state index contributed by atoms with van der Waals surface area (Å²) in [7, 11) is -2.19. The molecule has 1 fully saturated rings. The normalized spacial score (nSPS) is 25.8. The summed E-state index contributed by atoms with van der Waals surface area (Å²) < 4.78 is 41.3. The van der Waals surface area contributed by atoms with Gasteiger partial charge in [-0.25, -0.2) is 12.8 Å². The van der Waals surface area contributed by atoms with Crippen LogP contribution >= 0.6 is 0 Å². The third kappa shape index (κ3) is 3.30. The molecule has 2 unspecified atom stereocenters. The Labute approximate surface area is 110 Å². The van der Waals surface area contributed by atoms with E-state index in [1.807, 2.05) is 0 Å². The highest BCUT2D eigenvalue weighted by Gasteiger charge is 2.36. The molecule has 1 N–H and O–H groups in total. The predicted molar refractivity (Wildman–Crippen MR) is 66.7 cm³/mol. The number of carbonyl (C=O) groups is 1. The summed E-state index contributed by atoms with van der Waals surface area (Å²) in [4.78, 5) is 11.5. The lowest BCUT2D eigenvalue weighted by atomic mass is 10.1. The molecule has 1 aliphatic heterocycles. The van der Waals surface area contributed by atoms with Gasteiger partial charge in [0.05, 0.1) is 18.6 Å². The highest BCUT2D eigenvalue weighted by atomic mass is 32.2. The lowest BCUT2D eigenvalue weighted by Crippen LogP contribution is -2.51. The van der Waals surface area contributed by atoms with Gasteiger partial charge < -0.3 is 4.74 Å². The number of carbonyl (C=O) groups excluding carboxylic acids is 1. The zero-order chi connectivity index (χ0) is 14.0. The van der Waals surface area contributed by atoms with E-state index in [-0.39, 0.29) is 11.5 Å². The fraction of sp³-hybridized carbons (Fsp3) is 0.417. The monoisotopic (exact) mass is 287 g/mol. The van der Waals surface area contributed by atoms with Crippen LogP contribution in [0.25, 0.3) is 0 Å². The number of hydrogen-bond acceptors (Lipinski definition) is 5. The van der Waals surface area contributed by atoms with Crippen molar-refractivity contribution in [2.24, 2.45) is 0 Å². The summed E-state index contributed by atoms with van der Waals surface area (Å²) in [6, 6.07) is 4.12. The molecule has 1 aromatic rings. The van der Waals surface area contributed by atoms with E-state index in [1.165, 1.54) is 25.3 Å². The van der Waals surface area contributed by atoms with Gasteiger partial charge in [0.25, 0.3) is 0 Å². The minimum absolute atomic E-state index is 0.163. The van der Waals surface area contributed by atoms with E-state index in [2.05, 4.69) is 10.1 Å². The number of methoxy groups -OCH3 is 1. The Morgan fingerprint density at radius 3 is 2.79 bits per heavy atom. The maximum atomic E-state index is 13.2. The molecule has 1 saturated heterocycles. The van der Waals surface area contributed by atoms with E-state index in [9.17, 15) is 17.6 Å². The molecule has 0 saturated carbocycles. The molecule has 19 heavy (non-hydrogen) atoms. The van der Waals surface area contributed by atoms with Gasteiger partial charge >= 0.3 is 5.97 Å². The Kier molecular flexibility index (Phi) is 3.86. The molecule has 0 aromatic heterocycles. The summed E-state index contributed by atoms with van der Waals surface area (Å²) in [6.07, 6.45) is 0. The van der Waals surface area contributed by atoms with Crippen molar-refractivity contribution in [1.82, 2.24) is 5.32 Å². The first kappa shape index (κ1) is 14.0. The summed E-state index contributed by atoms with van der Waals surface area (Å²) in [5.74, 6) is -1.54. The van der Waals surface area contributed by atoms with Gasteiger partial charge in [-0.15, -0.1) is 0 Å². The van der Waals surface area contributed by atoms with E-state index in [0.29, 0.717) is 5.56 Å². The van der Waals surface area contributed by atoms with Crippen molar-refractivity contribution in [2.45, 2.75) is 12.1 Å².